The van der Waals surface area contributed by atoms with Crippen LogP contribution >= 0.6 is 0 Å². The van der Waals surface area contributed by atoms with Crippen LogP contribution in [-0.2, 0) is 0 Å². The van der Waals surface area contributed by atoms with Crippen LogP contribution in [0.4, 0.5) is 0 Å². The Kier molecular flexibility index (Phi) is 4.86. The number of aromatic amines is 1. The molecule has 3 rings (SSSR count). The molecule has 5 nitrogen and oxygen atoms in total. The van der Waals surface area contributed by atoms with Gasteiger partial charge in [-0.05, 0) is 43.2 Å². The molecule has 5 heteroatoms. The van der Waals surface area contributed by atoms with E-state index < -0.39 is 0 Å². The highest BCUT2D eigenvalue weighted by Crippen LogP contribution is 2.22. The number of methoxy groups -OCH3 is 1. The van der Waals surface area contributed by atoms with Crippen molar-refractivity contribution in [2.24, 2.45) is 5.92 Å². The summed E-state index contributed by atoms with van der Waals surface area (Å²) in [5.74, 6) is 2.12. The Balaban J connectivity index is 1.53. The van der Waals surface area contributed by atoms with Gasteiger partial charge < -0.3 is 19.4 Å². The summed E-state index contributed by atoms with van der Waals surface area (Å²) in [5, 5.41) is 0. The van der Waals surface area contributed by atoms with Crippen molar-refractivity contribution >= 4 is 5.91 Å². The van der Waals surface area contributed by atoms with E-state index in [4.69, 9.17) is 9.47 Å². The quantitative estimate of drug-likeness (QED) is 0.923. The maximum Gasteiger partial charge on any atom is 0.255 e. The number of hydrogen-bond donors (Lipinski definition) is 1. The minimum Gasteiger partial charge on any atom is -0.497 e. The SMILES string of the molecule is COc1ccc(OCC2CCCN(C(=O)c3cc[nH]c3)C2)cc1. The number of ether oxygens (including phenoxy) is 2. The van der Waals surface area contributed by atoms with E-state index in [1.54, 1.807) is 19.5 Å². The Morgan fingerprint density at radius 3 is 2.74 bits per heavy atom. The molecular formula is C18H22N2O3. The van der Waals surface area contributed by atoms with Crippen molar-refractivity contribution in [2.75, 3.05) is 26.8 Å². The molecule has 1 unspecified atom stereocenters. The Labute approximate surface area is 136 Å². The predicted molar refractivity (Wildman–Crippen MR) is 87.9 cm³/mol. The molecule has 23 heavy (non-hydrogen) atoms. The molecule has 0 radical (unpaired) electrons. The largest absolute Gasteiger partial charge is 0.497 e. The first kappa shape index (κ1) is 15.5. The van der Waals surface area contributed by atoms with Crippen LogP contribution in [0.3, 0.4) is 0 Å². The third-order valence-corrected chi connectivity index (χ3v) is 4.20. The zero-order chi connectivity index (χ0) is 16.1. The fourth-order valence-electron chi connectivity index (χ4n) is 2.91. The lowest BCUT2D eigenvalue weighted by atomic mass is 9.98. The van der Waals surface area contributed by atoms with Crippen LogP contribution in [0.2, 0.25) is 0 Å². The molecule has 1 fully saturated rings. The summed E-state index contributed by atoms with van der Waals surface area (Å²) in [6.07, 6.45) is 5.64. The molecule has 1 aliphatic rings. The van der Waals surface area contributed by atoms with E-state index in [0.29, 0.717) is 12.5 Å². The highest BCUT2D eigenvalue weighted by atomic mass is 16.5. The van der Waals surface area contributed by atoms with E-state index in [1.807, 2.05) is 35.2 Å². The van der Waals surface area contributed by atoms with Crippen molar-refractivity contribution in [2.45, 2.75) is 12.8 Å². The van der Waals surface area contributed by atoms with Gasteiger partial charge in [-0.15, -0.1) is 0 Å². The van der Waals surface area contributed by atoms with Gasteiger partial charge in [-0.25, -0.2) is 0 Å². The normalized spacial score (nSPS) is 17.8. The molecule has 1 atom stereocenters. The molecule has 0 bridgehead atoms. The standard InChI is InChI=1S/C18H22N2O3/c1-22-16-4-6-17(7-5-16)23-13-14-3-2-10-20(12-14)18(21)15-8-9-19-11-15/h4-9,11,14,19H,2-3,10,12-13H2,1H3. The minimum atomic E-state index is 0.0976. The first-order chi connectivity index (χ1) is 11.3. The van der Waals surface area contributed by atoms with E-state index in [9.17, 15) is 4.79 Å². The van der Waals surface area contributed by atoms with Gasteiger partial charge in [-0.3, -0.25) is 4.79 Å². The van der Waals surface area contributed by atoms with Gasteiger partial charge >= 0.3 is 0 Å². The molecule has 1 aliphatic heterocycles. The summed E-state index contributed by atoms with van der Waals surface area (Å²) in [4.78, 5) is 17.3. The van der Waals surface area contributed by atoms with Crippen molar-refractivity contribution in [3.05, 3.63) is 48.3 Å². The number of H-pyrrole nitrogens is 1. The number of hydrogen-bond acceptors (Lipinski definition) is 3. The number of piperidine rings is 1. The topological polar surface area (TPSA) is 54.6 Å². The molecule has 0 spiro atoms. The Morgan fingerprint density at radius 2 is 2.04 bits per heavy atom. The van der Waals surface area contributed by atoms with E-state index in [-0.39, 0.29) is 5.91 Å². The van der Waals surface area contributed by atoms with Gasteiger partial charge in [0.2, 0.25) is 0 Å². The zero-order valence-electron chi connectivity index (χ0n) is 13.3. The van der Waals surface area contributed by atoms with Crippen LogP contribution in [0.1, 0.15) is 23.2 Å². The summed E-state index contributed by atoms with van der Waals surface area (Å²) in [7, 11) is 1.65. The fraction of sp³-hybridized carbons (Fsp3) is 0.389. The Bertz CT molecular complexity index is 622. The van der Waals surface area contributed by atoms with Gasteiger partial charge in [0.1, 0.15) is 11.5 Å². The van der Waals surface area contributed by atoms with Gasteiger partial charge in [-0.2, -0.15) is 0 Å². The van der Waals surface area contributed by atoms with Crippen LogP contribution in [0.25, 0.3) is 0 Å². The van der Waals surface area contributed by atoms with Gasteiger partial charge in [0.15, 0.2) is 0 Å². The lowest BCUT2D eigenvalue weighted by Crippen LogP contribution is -2.41. The third kappa shape index (κ3) is 3.86. The van der Waals surface area contributed by atoms with Crippen LogP contribution in [-0.4, -0.2) is 42.6 Å². The maximum atomic E-state index is 12.4. The number of nitrogens with zero attached hydrogens (tertiary/aromatic N) is 1. The predicted octanol–water partition coefficient (Wildman–Crippen LogP) is 2.95. The number of aromatic nitrogens is 1. The molecule has 0 aliphatic carbocycles. The number of likely N-dealkylation sites (tertiary alicyclic amines) is 1. The smallest absolute Gasteiger partial charge is 0.255 e. The van der Waals surface area contributed by atoms with E-state index in [2.05, 4.69) is 4.98 Å². The first-order valence-electron chi connectivity index (χ1n) is 7.95. The maximum absolute atomic E-state index is 12.4. The molecular weight excluding hydrogens is 292 g/mol. The second-order valence-corrected chi connectivity index (χ2v) is 5.85. The Morgan fingerprint density at radius 1 is 1.26 bits per heavy atom. The highest BCUT2D eigenvalue weighted by Gasteiger charge is 2.25. The van der Waals surface area contributed by atoms with Crippen molar-refractivity contribution in [3.63, 3.8) is 0 Å². The van der Waals surface area contributed by atoms with Crippen molar-refractivity contribution in [1.82, 2.24) is 9.88 Å². The van der Waals surface area contributed by atoms with Gasteiger partial charge in [0.05, 0.1) is 19.3 Å². The molecule has 1 saturated heterocycles. The lowest BCUT2D eigenvalue weighted by Gasteiger charge is -2.32. The van der Waals surface area contributed by atoms with Gasteiger partial charge in [-0.1, -0.05) is 0 Å². The van der Waals surface area contributed by atoms with E-state index in [0.717, 1.165) is 43.0 Å². The third-order valence-electron chi connectivity index (χ3n) is 4.20. The van der Waals surface area contributed by atoms with Crippen LogP contribution < -0.4 is 9.47 Å². The number of carbonyl (C=O) groups is 1. The molecule has 1 N–H and O–H groups in total. The number of carbonyl (C=O) groups excluding carboxylic acids is 1. The molecule has 1 aromatic carbocycles. The Hall–Kier alpha value is -2.43. The second kappa shape index (κ2) is 7.22. The number of nitrogens with one attached hydrogen (secondary N) is 1. The fourth-order valence-corrected chi connectivity index (χ4v) is 2.91. The van der Waals surface area contributed by atoms with Crippen molar-refractivity contribution in [1.29, 1.82) is 0 Å². The summed E-state index contributed by atoms with van der Waals surface area (Å²) in [5.41, 5.74) is 0.724. The van der Waals surface area contributed by atoms with E-state index >= 15 is 0 Å². The summed E-state index contributed by atoms with van der Waals surface area (Å²) in [6.45, 7) is 2.20. The van der Waals surface area contributed by atoms with Crippen molar-refractivity contribution in [3.8, 4) is 11.5 Å². The first-order valence-corrected chi connectivity index (χ1v) is 7.95. The summed E-state index contributed by atoms with van der Waals surface area (Å²) in [6, 6.07) is 9.41. The zero-order valence-corrected chi connectivity index (χ0v) is 13.3. The molecule has 1 amide bonds. The molecule has 1 aromatic heterocycles. The van der Waals surface area contributed by atoms with E-state index in [1.165, 1.54) is 0 Å². The summed E-state index contributed by atoms with van der Waals surface area (Å²) >= 11 is 0. The summed E-state index contributed by atoms with van der Waals surface area (Å²) < 4.78 is 11.0. The molecule has 2 heterocycles. The van der Waals surface area contributed by atoms with Crippen LogP contribution in [0.5, 0.6) is 11.5 Å². The van der Waals surface area contributed by atoms with Crippen LogP contribution in [0.15, 0.2) is 42.7 Å². The monoisotopic (exact) mass is 314 g/mol. The molecule has 122 valence electrons. The van der Waals surface area contributed by atoms with Gasteiger partial charge in [0.25, 0.3) is 5.91 Å². The highest BCUT2D eigenvalue weighted by molar-refractivity contribution is 5.94. The lowest BCUT2D eigenvalue weighted by molar-refractivity contribution is 0.0633. The number of benzene rings is 1. The number of rotatable bonds is 5. The van der Waals surface area contributed by atoms with Crippen LogP contribution in [0, 0.1) is 5.92 Å². The van der Waals surface area contributed by atoms with Crippen molar-refractivity contribution < 1.29 is 14.3 Å². The average molecular weight is 314 g/mol. The minimum absolute atomic E-state index is 0.0976. The average Bonchev–Trinajstić information content (AvgIpc) is 3.14. The molecule has 2 aromatic rings. The van der Waals surface area contributed by atoms with Gasteiger partial charge in [0, 0.05) is 31.4 Å². The molecule has 0 saturated carbocycles. The number of amides is 1. The second-order valence-electron chi connectivity index (χ2n) is 5.85.